The summed E-state index contributed by atoms with van der Waals surface area (Å²) in [6, 6.07) is 12.4. The second-order valence-electron chi connectivity index (χ2n) is 3.23. The first-order chi connectivity index (χ1) is 6.83. The van der Waals surface area contributed by atoms with Crippen molar-refractivity contribution in [2.45, 2.75) is 6.42 Å². The molecule has 0 aliphatic rings. The molecule has 1 nitrogen and oxygen atoms in total. The predicted octanol–water partition coefficient (Wildman–Crippen LogP) is 3.14. The number of rotatable bonds is 2. The van der Waals surface area contributed by atoms with Crippen molar-refractivity contribution in [1.29, 1.82) is 0 Å². The normalized spacial score (nSPS) is 10.7. The van der Waals surface area contributed by atoms with E-state index in [1.54, 1.807) is 0 Å². The van der Waals surface area contributed by atoms with Gasteiger partial charge in [-0.2, -0.15) is 0 Å². The highest BCUT2D eigenvalue weighted by molar-refractivity contribution is 9.10. The number of halogens is 1. The van der Waals surface area contributed by atoms with Crippen LogP contribution in [0, 0.1) is 0 Å². The Morgan fingerprint density at radius 2 is 1.86 bits per heavy atom. The largest absolute Gasteiger partial charge is 0.396 e. The minimum absolute atomic E-state index is 0.191. The zero-order valence-electron chi connectivity index (χ0n) is 7.70. The summed E-state index contributed by atoms with van der Waals surface area (Å²) in [5.41, 5.74) is 1.16. The van der Waals surface area contributed by atoms with Gasteiger partial charge in [0.25, 0.3) is 0 Å². The molecule has 0 unspecified atom stereocenters. The van der Waals surface area contributed by atoms with E-state index in [1.165, 1.54) is 10.8 Å². The maximum atomic E-state index is 8.90. The van der Waals surface area contributed by atoms with Crippen molar-refractivity contribution in [2.75, 3.05) is 6.61 Å². The predicted molar refractivity (Wildman–Crippen MR) is 62.4 cm³/mol. The van der Waals surface area contributed by atoms with Crippen LogP contribution in [-0.2, 0) is 6.42 Å². The number of aliphatic hydroxyl groups excluding tert-OH is 1. The molecule has 0 bridgehead atoms. The highest BCUT2D eigenvalue weighted by Gasteiger charge is 2.03. The van der Waals surface area contributed by atoms with Crippen molar-refractivity contribution >= 4 is 26.7 Å². The first kappa shape index (κ1) is 9.69. The summed E-state index contributed by atoms with van der Waals surface area (Å²) < 4.78 is 1.10. The molecule has 0 saturated carbocycles. The Labute approximate surface area is 91.5 Å². The average Bonchev–Trinajstić information content (AvgIpc) is 2.23. The van der Waals surface area contributed by atoms with E-state index >= 15 is 0 Å². The molecule has 0 aromatic heterocycles. The molecule has 0 heterocycles. The minimum Gasteiger partial charge on any atom is -0.396 e. The lowest BCUT2D eigenvalue weighted by Gasteiger charge is -2.06. The molecule has 0 spiro atoms. The number of aliphatic hydroxyl groups is 1. The Balaban J connectivity index is 2.63. The molecular weight excluding hydrogens is 240 g/mol. The van der Waals surface area contributed by atoms with Crippen molar-refractivity contribution < 1.29 is 5.11 Å². The van der Waals surface area contributed by atoms with Gasteiger partial charge >= 0.3 is 0 Å². The summed E-state index contributed by atoms with van der Waals surface area (Å²) in [6.07, 6.45) is 0.700. The van der Waals surface area contributed by atoms with Gasteiger partial charge in [0, 0.05) is 11.1 Å². The Morgan fingerprint density at radius 3 is 2.64 bits per heavy atom. The number of benzene rings is 2. The van der Waals surface area contributed by atoms with Gasteiger partial charge in [-0.15, -0.1) is 0 Å². The summed E-state index contributed by atoms with van der Waals surface area (Å²) >= 11 is 3.57. The zero-order chi connectivity index (χ0) is 9.97. The van der Waals surface area contributed by atoms with Crippen LogP contribution in [0.15, 0.2) is 40.9 Å². The van der Waals surface area contributed by atoms with E-state index in [4.69, 9.17) is 5.11 Å². The molecular formula is C12H11BrO. The number of fused-ring (bicyclic) bond motifs is 1. The average molecular weight is 251 g/mol. The van der Waals surface area contributed by atoms with Gasteiger partial charge in [-0.05, 0) is 38.7 Å². The lowest BCUT2D eigenvalue weighted by molar-refractivity contribution is 0.299. The van der Waals surface area contributed by atoms with Crippen LogP contribution in [-0.4, -0.2) is 11.7 Å². The van der Waals surface area contributed by atoms with E-state index in [9.17, 15) is 0 Å². The molecule has 0 radical (unpaired) electrons. The maximum Gasteiger partial charge on any atom is 0.0471 e. The van der Waals surface area contributed by atoms with Gasteiger partial charge < -0.3 is 5.11 Å². The van der Waals surface area contributed by atoms with Gasteiger partial charge in [0.05, 0.1) is 0 Å². The van der Waals surface area contributed by atoms with Crippen molar-refractivity contribution in [3.8, 4) is 0 Å². The fraction of sp³-hybridized carbons (Fsp3) is 0.167. The molecule has 0 aliphatic carbocycles. The summed E-state index contributed by atoms with van der Waals surface area (Å²) in [6.45, 7) is 0.191. The maximum absolute atomic E-state index is 8.90. The standard InChI is InChI=1S/C12H11BrO/c13-12-10(7-8-14)6-5-9-3-1-2-4-11(9)12/h1-6,14H,7-8H2. The third-order valence-electron chi connectivity index (χ3n) is 2.32. The Kier molecular flexibility index (Phi) is 2.85. The summed E-state index contributed by atoms with van der Waals surface area (Å²) in [5.74, 6) is 0. The van der Waals surface area contributed by atoms with E-state index in [0.29, 0.717) is 6.42 Å². The Morgan fingerprint density at radius 1 is 1.07 bits per heavy atom. The number of hydrogen-bond acceptors (Lipinski definition) is 1. The third-order valence-corrected chi connectivity index (χ3v) is 3.26. The summed E-state index contributed by atoms with van der Waals surface area (Å²) in [4.78, 5) is 0. The molecule has 14 heavy (non-hydrogen) atoms. The van der Waals surface area contributed by atoms with Gasteiger partial charge in [-0.3, -0.25) is 0 Å². The molecule has 0 aliphatic heterocycles. The lowest BCUT2D eigenvalue weighted by Crippen LogP contribution is -1.92. The molecule has 0 amide bonds. The molecule has 0 fully saturated rings. The van der Waals surface area contributed by atoms with Crippen LogP contribution in [0.5, 0.6) is 0 Å². The minimum atomic E-state index is 0.191. The van der Waals surface area contributed by atoms with Crippen LogP contribution >= 0.6 is 15.9 Å². The van der Waals surface area contributed by atoms with Gasteiger partial charge in [-0.25, -0.2) is 0 Å². The summed E-state index contributed by atoms with van der Waals surface area (Å²) in [5, 5.41) is 11.3. The lowest BCUT2D eigenvalue weighted by atomic mass is 10.1. The van der Waals surface area contributed by atoms with E-state index in [1.807, 2.05) is 12.1 Å². The second kappa shape index (κ2) is 4.11. The molecule has 2 aromatic carbocycles. The Bertz CT molecular complexity index is 451. The van der Waals surface area contributed by atoms with Crippen LogP contribution < -0.4 is 0 Å². The SMILES string of the molecule is OCCc1ccc2ccccc2c1Br. The van der Waals surface area contributed by atoms with Gasteiger partial charge in [-0.1, -0.05) is 36.4 Å². The topological polar surface area (TPSA) is 20.2 Å². The molecule has 72 valence electrons. The monoisotopic (exact) mass is 250 g/mol. The summed E-state index contributed by atoms with van der Waals surface area (Å²) in [7, 11) is 0. The van der Waals surface area contributed by atoms with Crippen molar-refractivity contribution in [3.63, 3.8) is 0 Å². The van der Waals surface area contributed by atoms with Crippen molar-refractivity contribution in [1.82, 2.24) is 0 Å². The van der Waals surface area contributed by atoms with Crippen LogP contribution in [0.2, 0.25) is 0 Å². The third kappa shape index (κ3) is 1.68. The van der Waals surface area contributed by atoms with Crippen LogP contribution in [0.1, 0.15) is 5.56 Å². The number of hydrogen-bond donors (Lipinski definition) is 1. The smallest absolute Gasteiger partial charge is 0.0471 e. The first-order valence-electron chi connectivity index (χ1n) is 4.60. The molecule has 1 N–H and O–H groups in total. The highest BCUT2D eigenvalue weighted by atomic mass is 79.9. The molecule has 2 aromatic rings. The molecule has 2 rings (SSSR count). The van der Waals surface area contributed by atoms with E-state index < -0.39 is 0 Å². The van der Waals surface area contributed by atoms with Crippen molar-refractivity contribution in [3.05, 3.63) is 46.4 Å². The molecule has 2 heteroatoms. The van der Waals surface area contributed by atoms with E-state index in [2.05, 4.69) is 40.2 Å². The van der Waals surface area contributed by atoms with Gasteiger partial charge in [0.15, 0.2) is 0 Å². The van der Waals surface area contributed by atoms with E-state index in [-0.39, 0.29) is 6.61 Å². The fourth-order valence-corrected chi connectivity index (χ4v) is 2.28. The van der Waals surface area contributed by atoms with Crippen LogP contribution in [0.3, 0.4) is 0 Å². The van der Waals surface area contributed by atoms with Gasteiger partial charge in [0.1, 0.15) is 0 Å². The van der Waals surface area contributed by atoms with Crippen molar-refractivity contribution in [2.24, 2.45) is 0 Å². The second-order valence-corrected chi connectivity index (χ2v) is 4.03. The molecule has 0 saturated heterocycles. The highest BCUT2D eigenvalue weighted by Crippen LogP contribution is 2.27. The van der Waals surface area contributed by atoms with Crippen LogP contribution in [0.4, 0.5) is 0 Å². The Hall–Kier alpha value is -0.860. The first-order valence-corrected chi connectivity index (χ1v) is 5.39. The van der Waals surface area contributed by atoms with Crippen LogP contribution in [0.25, 0.3) is 10.8 Å². The quantitative estimate of drug-likeness (QED) is 0.869. The van der Waals surface area contributed by atoms with Gasteiger partial charge in [0.2, 0.25) is 0 Å². The van der Waals surface area contributed by atoms with E-state index in [0.717, 1.165) is 10.0 Å². The zero-order valence-corrected chi connectivity index (χ0v) is 9.29. The fourth-order valence-electron chi connectivity index (χ4n) is 1.59. The molecule has 0 atom stereocenters.